The van der Waals surface area contributed by atoms with Crippen LogP contribution in [0.5, 0.6) is 0 Å². The van der Waals surface area contributed by atoms with Crippen LogP contribution in [0.3, 0.4) is 0 Å². The molecule has 0 aliphatic carbocycles. The van der Waals surface area contributed by atoms with Gasteiger partial charge in [-0.2, -0.15) is 0 Å². The van der Waals surface area contributed by atoms with Crippen molar-refractivity contribution in [3.05, 3.63) is 65.0 Å². The van der Waals surface area contributed by atoms with E-state index >= 15 is 0 Å². The van der Waals surface area contributed by atoms with E-state index in [9.17, 15) is 21.6 Å². The van der Waals surface area contributed by atoms with Crippen LogP contribution in [0.25, 0.3) is 11.0 Å². The molecule has 0 amide bonds. The summed E-state index contributed by atoms with van der Waals surface area (Å²) >= 11 is 0. The van der Waals surface area contributed by atoms with Gasteiger partial charge in [-0.15, -0.1) is 0 Å². The predicted molar refractivity (Wildman–Crippen MR) is 101 cm³/mol. The molecule has 3 rings (SSSR count). The summed E-state index contributed by atoms with van der Waals surface area (Å²) in [5, 5.41) is 0.446. The number of nitrogens with zero attached hydrogens (tertiary/aromatic N) is 1. The van der Waals surface area contributed by atoms with Gasteiger partial charge in [0, 0.05) is 25.5 Å². The second-order valence-corrected chi connectivity index (χ2v) is 9.71. The molecule has 0 saturated heterocycles. The van der Waals surface area contributed by atoms with E-state index in [0.29, 0.717) is 5.39 Å². The summed E-state index contributed by atoms with van der Waals surface area (Å²) in [5.74, 6) is 0. The highest BCUT2D eigenvalue weighted by Crippen LogP contribution is 2.23. The van der Waals surface area contributed by atoms with Crippen LogP contribution in [-0.2, 0) is 20.0 Å². The summed E-state index contributed by atoms with van der Waals surface area (Å²) in [5.41, 5.74) is -0.159. The van der Waals surface area contributed by atoms with Gasteiger partial charge < -0.3 is 4.42 Å². The van der Waals surface area contributed by atoms with Gasteiger partial charge in [0.2, 0.25) is 10.0 Å². The Bertz CT molecular complexity index is 1280. The summed E-state index contributed by atoms with van der Waals surface area (Å²) in [7, 11) is -4.89. The zero-order valence-electron chi connectivity index (χ0n) is 14.4. The highest BCUT2D eigenvalue weighted by atomic mass is 32.2. The average molecular weight is 408 g/mol. The molecule has 0 spiro atoms. The van der Waals surface area contributed by atoms with Crippen molar-refractivity contribution in [3.63, 3.8) is 0 Å². The van der Waals surface area contributed by atoms with Gasteiger partial charge in [0.05, 0.1) is 15.5 Å². The van der Waals surface area contributed by atoms with Crippen LogP contribution in [0, 0.1) is 0 Å². The molecule has 1 N–H and O–H groups in total. The first-order valence-corrected chi connectivity index (χ1v) is 10.6. The zero-order valence-corrected chi connectivity index (χ0v) is 16.0. The van der Waals surface area contributed by atoms with Crippen molar-refractivity contribution in [3.8, 4) is 0 Å². The highest BCUT2D eigenvalue weighted by molar-refractivity contribution is 7.92. The van der Waals surface area contributed by atoms with Gasteiger partial charge in [0.1, 0.15) is 5.58 Å². The topological polar surface area (TPSA) is 114 Å². The number of hydrogen-bond acceptors (Lipinski definition) is 6. The van der Waals surface area contributed by atoms with E-state index < -0.39 is 25.7 Å². The second kappa shape index (κ2) is 6.80. The number of rotatable bonds is 5. The number of benzene rings is 2. The largest absolute Gasteiger partial charge is 0.423 e. The molecule has 10 heteroatoms. The zero-order chi connectivity index (χ0) is 19.8. The van der Waals surface area contributed by atoms with Crippen molar-refractivity contribution in [1.29, 1.82) is 0 Å². The fraction of sp³-hybridized carbons (Fsp3) is 0.118. The third-order valence-electron chi connectivity index (χ3n) is 3.77. The molecule has 3 aromatic rings. The molecule has 0 aliphatic rings. The van der Waals surface area contributed by atoms with Crippen molar-refractivity contribution in [2.75, 3.05) is 18.8 Å². The molecular weight excluding hydrogens is 392 g/mol. The number of hydrogen-bond donors (Lipinski definition) is 1. The van der Waals surface area contributed by atoms with E-state index in [4.69, 9.17) is 4.42 Å². The summed E-state index contributed by atoms with van der Waals surface area (Å²) in [6.07, 6.45) is 0. The van der Waals surface area contributed by atoms with Crippen LogP contribution < -0.4 is 10.3 Å². The molecule has 27 heavy (non-hydrogen) atoms. The van der Waals surface area contributed by atoms with Gasteiger partial charge in [0.25, 0.3) is 10.0 Å². The van der Waals surface area contributed by atoms with Crippen molar-refractivity contribution in [1.82, 2.24) is 4.31 Å². The average Bonchev–Trinajstić information content (AvgIpc) is 2.60. The minimum Gasteiger partial charge on any atom is -0.423 e. The van der Waals surface area contributed by atoms with Crippen LogP contribution in [-0.4, -0.2) is 35.2 Å². The Balaban J connectivity index is 1.98. The number of fused-ring (bicyclic) bond motifs is 1. The molecule has 1 heterocycles. The number of nitrogens with one attached hydrogen (secondary N) is 1. The van der Waals surface area contributed by atoms with Gasteiger partial charge >= 0.3 is 5.63 Å². The maximum Gasteiger partial charge on any atom is 0.336 e. The molecule has 0 radical (unpaired) electrons. The van der Waals surface area contributed by atoms with Crippen molar-refractivity contribution < 1.29 is 21.3 Å². The van der Waals surface area contributed by atoms with Gasteiger partial charge in [-0.3, -0.25) is 4.72 Å². The number of sulfonamides is 2. The lowest BCUT2D eigenvalue weighted by Crippen LogP contribution is -2.22. The minimum absolute atomic E-state index is 0.0343. The van der Waals surface area contributed by atoms with Gasteiger partial charge in [-0.25, -0.2) is 25.9 Å². The van der Waals surface area contributed by atoms with Gasteiger partial charge in [0.15, 0.2) is 0 Å². The second-order valence-electron chi connectivity index (χ2n) is 5.87. The lowest BCUT2D eigenvalue weighted by Gasteiger charge is -2.13. The minimum atomic E-state index is -3.98. The molecule has 1 aromatic heterocycles. The summed E-state index contributed by atoms with van der Waals surface area (Å²) in [6.45, 7) is 0. The molecule has 0 atom stereocenters. The Labute approximate surface area is 156 Å². The molecule has 0 bridgehead atoms. The van der Waals surface area contributed by atoms with E-state index in [-0.39, 0.29) is 21.1 Å². The fourth-order valence-corrected chi connectivity index (χ4v) is 4.39. The lowest BCUT2D eigenvalue weighted by atomic mass is 10.2. The maximum atomic E-state index is 12.6. The molecule has 0 unspecified atom stereocenters. The molecule has 142 valence electrons. The molecule has 0 aliphatic heterocycles. The van der Waals surface area contributed by atoms with E-state index in [0.717, 1.165) is 4.31 Å². The molecule has 0 saturated carbocycles. The first-order chi connectivity index (χ1) is 12.6. The van der Waals surface area contributed by atoms with E-state index in [2.05, 4.69) is 4.72 Å². The van der Waals surface area contributed by atoms with E-state index in [1.807, 2.05) is 0 Å². The van der Waals surface area contributed by atoms with E-state index in [1.165, 1.54) is 68.7 Å². The van der Waals surface area contributed by atoms with Gasteiger partial charge in [-0.1, -0.05) is 6.07 Å². The lowest BCUT2D eigenvalue weighted by molar-refractivity contribution is 0.520. The first kappa shape index (κ1) is 19.1. The van der Waals surface area contributed by atoms with Crippen molar-refractivity contribution >= 4 is 36.7 Å². The van der Waals surface area contributed by atoms with Crippen LogP contribution in [0.4, 0.5) is 5.69 Å². The maximum absolute atomic E-state index is 12.6. The smallest absolute Gasteiger partial charge is 0.336 e. The molecule has 0 fully saturated rings. The van der Waals surface area contributed by atoms with Crippen molar-refractivity contribution in [2.24, 2.45) is 0 Å². The Morgan fingerprint density at radius 1 is 0.889 bits per heavy atom. The number of anilines is 1. The highest BCUT2D eigenvalue weighted by Gasteiger charge is 2.20. The Kier molecular flexibility index (Phi) is 4.81. The molecular formula is C17H16N2O6S2. The summed E-state index contributed by atoms with van der Waals surface area (Å²) in [4.78, 5) is 11.1. The summed E-state index contributed by atoms with van der Waals surface area (Å²) < 4.78 is 58.1. The Morgan fingerprint density at radius 2 is 1.63 bits per heavy atom. The third kappa shape index (κ3) is 3.87. The molecule has 2 aromatic carbocycles. The quantitative estimate of drug-likeness (QED) is 0.645. The van der Waals surface area contributed by atoms with E-state index in [1.54, 1.807) is 0 Å². The Morgan fingerprint density at radius 3 is 2.33 bits per heavy atom. The standard InChI is InChI=1S/C17H16N2O6S2/c1-19(2)27(23,24)15-5-3-4-13(11-15)18-26(21,22)14-7-8-16-12(10-14)6-9-17(20)25-16/h3-11,18H,1-2H3. The Hall–Kier alpha value is -2.69. The van der Waals surface area contributed by atoms with Crippen LogP contribution >= 0.6 is 0 Å². The van der Waals surface area contributed by atoms with Crippen molar-refractivity contribution in [2.45, 2.75) is 9.79 Å². The van der Waals surface area contributed by atoms with Gasteiger partial charge in [-0.05, 0) is 42.5 Å². The van der Waals surface area contributed by atoms with Crippen LogP contribution in [0.15, 0.2) is 73.6 Å². The fourth-order valence-electron chi connectivity index (χ4n) is 2.36. The third-order valence-corrected chi connectivity index (χ3v) is 6.96. The molecule has 8 nitrogen and oxygen atoms in total. The summed E-state index contributed by atoms with van der Waals surface area (Å²) in [6, 6.07) is 12.2. The first-order valence-electron chi connectivity index (χ1n) is 7.69. The monoisotopic (exact) mass is 408 g/mol. The SMILES string of the molecule is CN(C)S(=O)(=O)c1cccc(NS(=O)(=O)c2ccc3oc(=O)ccc3c2)c1. The normalized spacial score (nSPS) is 12.4. The van der Waals surface area contributed by atoms with Crippen LogP contribution in [0.1, 0.15) is 0 Å². The predicted octanol–water partition coefficient (Wildman–Crippen LogP) is 1.84. The van der Waals surface area contributed by atoms with Crippen LogP contribution in [0.2, 0.25) is 0 Å².